The maximum atomic E-state index is 12.3. The van der Waals surface area contributed by atoms with E-state index in [0.29, 0.717) is 0 Å². The van der Waals surface area contributed by atoms with Crippen LogP contribution in [-0.4, -0.2) is 74.1 Å². The van der Waals surface area contributed by atoms with E-state index in [0.717, 1.165) is 50.5 Å². The third kappa shape index (κ3) is 4.72. The number of carbonyl (C=O) groups is 1. The van der Waals surface area contributed by atoms with Gasteiger partial charge in [-0.25, -0.2) is 4.79 Å². The Hall–Kier alpha value is -1.59. The fourth-order valence-electron chi connectivity index (χ4n) is 2.42. The Morgan fingerprint density at radius 1 is 1.19 bits per heavy atom. The molecule has 116 valence electrons. The van der Waals surface area contributed by atoms with Crippen molar-refractivity contribution in [3.05, 3.63) is 29.8 Å². The summed E-state index contributed by atoms with van der Waals surface area (Å²) in [6, 6.07) is 7.89. The van der Waals surface area contributed by atoms with Crippen LogP contribution in [0.5, 0.6) is 0 Å². The molecule has 1 aromatic carbocycles. The lowest BCUT2D eigenvalue weighted by atomic mass is 10.2. The Bertz CT molecular complexity index is 467. The molecule has 0 spiro atoms. The lowest BCUT2D eigenvalue weighted by molar-refractivity contribution is 0.140. The number of piperazine rings is 1. The molecular weight excluding hydrogens is 264 g/mol. The number of carbonyl (C=O) groups excluding carboxylic acids is 1. The summed E-state index contributed by atoms with van der Waals surface area (Å²) in [5, 5.41) is 3.01. The predicted octanol–water partition coefficient (Wildman–Crippen LogP) is 1.71. The zero-order valence-corrected chi connectivity index (χ0v) is 13.3. The lowest BCUT2D eigenvalue weighted by Crippen LogP contribution is -2.51. The number of anilines is 1. The fourth-order valence-corrected chi connectivity index (χ4v) is 2.42. The van der Waals surface area contributed by atoms with E-state index >= 15 is 0 Å². The topological polar surface area (TPSA) is 38.8 Å². The Morgan fingerprint density at radius 2 is 1.86 bits per heavy atom. The maximum absolute atomic E-state index is 12.3. The van der Waals surface area contributed by atoms with Gasteiger partial charge in [-0.2, -0.15) is 0 Å². The molecule has 0 bridgehead atoms. The molecule has 1 aliphatic rings. The van der Waals surface area contributed by atoms with Crippen LogP contribution in [0.3, 0.4) is 0 Å². The van der Waals surface area contributed by atoms with E-state index in [1.165, 1.54) is 0 Å². The number of hydrogen-bond donors (Lipinski definition) is 1. The van der Waals surface area contributed by atoms with Crippen LogP contribution in [0.15, 0.2) is 24.3 Å². The second-order valence-electron chi connectivity index (χ2n) is 5.88. The van der Waals surface area contributed by atoms with E-state index in [4.69, 9.17) is 0 Å². The van der Waals surface area contributed by atoms with E-state index in [1.807, 2.05) is 36.1 Å². The molecule has 1 N–H and O–H groups in total. The average Bonchev–Trinajstić information content (AvgIpc) is 2.48. The van der Waals surface area contributed by atoms with Crippen molar-refractivity contribution < 1.29 is 4.79 Å². The second kappa shape index (κ2) is 7.43. The SMILES string of the molecule is Cc1ccccc1NC(=O)N1CCN(CCN(C)C)CC1. The maximum Gasteiger partial charge on any atom is 0.321 e. The van der Waals surface area contributed by atoms with E-state index in [1.54, 1.807) is 0 Å². The monoisotopic (exact) mass is 290 g/mol. The van der Waals surface area contributed by atoms with Crippen molar-refractivity contribution in [2.24, 2.45) is 0 Å². The van der Waals surface area contributed by atoms with Gasteiger partial charge in [-0.1, -0.05) is 18.2 Å². The minimum atomic E-state index is 0.0107. The quantitative estimate of drug-likeness (QED) is 0.917. The number of aryl methyl sites for hydroxylation is 1. The lowest BCUT2D eigenvalue weighted by Gasteiger charge is -2.35. The largest absolute Gasteiger partial charge is 0.322 e. The van der Waals surface area contributed by atoms with Crippen molar-refractivity contribution >= 4 is 11.7 Å². The van der Waals surface area contributed by atoms with Crippen molar-refractivity contribution in [2.45, 2.75) is 6.92 Å². The molecule has 0 radical (unpaired) electrons. The van der Waals surface area contributed by atoms with Crippen LogP contribution in [0.25, 0.3) is 0 Å². The van der Waals surface area contributed by atoms with Crippen LogP contribution in [0.4, 0.5) is 10.5 Å². The molecule has 0 atom stereocenters. The molecule has 0 saturated carbocycles. The Labute approximate surface area is 127 Å². The smallest absolute Gasteiger partial charge is 0.321 e. The van der Waals surface area contributed by atoms with Crippen molar-refractivity contribution in [3.8, 4) is 0 Å². The normalized spacial score (nSPS) is 16.3. The highest BCUT2D eigenvalue weighted by Gasteiger charge is 2.21. The van der Waals surface area contributed by atoms with Gasteiger partial charge >= 0.3 is 6.03 Å². The van der Waals surface area contributed by atoms with Gasteiger partial charge in [-0.15, -0.1) is 0 Å². The number of likely N-dealkylation sites (N-methyl/N-ethyl adjacent to an activating group) is 1. The van der Waals surface area contributed by atoms with E-state index in [-0.39, 0.29) is 6.03 Å². The number of nitrogens with zero attached hydrogens (tertiary/aromatic N) is 3. The summed E-state index contributed by atoms with van der Waals surface area (Å²) in [6.45, 7) is 7.64. The first kappa shape index (κ1) is 15.8. The molecule has 5 heteroatoms. The molecule has 1 fully saturated rings. The first-order chi connectivity index (χ1) is 10.1. The third-order valence-corrected chi connectivity index (χ3v) is 3.91. The van der Waals surface area contributed by atoms with Crippen molar-refractivity contribution in [1.82, 2.24) is 14.7 Å². The fraction of sp³-hybridized carbons (Fsp3) is 0.562. The number of hydrogen-bond acceptors (Lipinski definition) is 3. The minimum Gasteiger partial charge on any atom is -0.322 e. The molecule has 0 aliphatic carbocycles. The summed E-state index contributed by atoms with van der Waals surface area (Å²) in [6.07, 6.45) is 0. The van der Waals surface area contributed by atoms with Gasteiger partial charge in [0, 0.05) is 45.0 Å². The van der Waals surface area contributed by atoms with Crippen LogP contribution >= 0.6 is 0 Å². The molecule has 1 saturated heterocycles. The summed E-state index contributed by atoms with van der Waals surface area (Å²) in [4.78, 5) is 18.8. The number of urea groups is 1. The summed E-state index contributed by atoms with van der Waals surface area (Å²) < 4.78 is 0. The van der Waals surface area contributed by atoms with Crippen LogP contribution in [0.1, 0.15) is 5.56 Å². The van der Waals surface area contributed by atoms with E-state index in [9.17, 15) is 4.79 Å². The summed E-state index contributed by atoms with van der Waals surface area (Å²) in [7, 11) is 4.18. The highest BCUT2D eigenvalue weighted by molar-refractivity contribution is 5.90. The summed E-state index contributed by atoms with van der Waals surface area (Å²) in [5.41, 5.74) is 1.99. The Kier molecular flexibility index (Phi) is 5.59. The molecule has 1 aliphatic heterocycles. The molecule has 1 aromatic rings. The van der Waals surface area contributed by atoms with Gasteiger partial charge in [0.25, 0.3) is 0 Å². The summed E-state index contributed by atoms with van der Waals surface area (Å²) >= 11 is 0. The van der Waals surface area contributed by atoms with Crippen LogP contribution < -0.4 is 5.32 Å². The predicted molar refractivity (Wildman–Crippen MR) is 86.8 cm³/mol. The van der Waals surface area contributed by atoms with Crippen LogP contribution in [0.2, 0.25) is 0 Å². The second-order valence-corrected chi connectivity index (χ2v) is 5.88. The molecule has 21 heavy (non-hydrogen) atoms. The number of benzene rings is 1. The molecule has 0 aromatic heterocycles. The zero-order chi connectivity index (χ0) is 15.2. The highest BCUT2D eigenvalue weighted by atomic mass is 16.2. The highest BCUT2D eigenvalue weighted by Crippen LogP contribution is 2.14. The molecule has 5 nitrogen and oxygen atoms in total. The first-order valence-corrected chi connectivity index (χ1v) is 7.55. The minimum absolute atomic E-state index is 0.0107. The van der Waals surface area contributed by atoms with Crippen LogP contribution in [-0.2, 0) is 0 Å². The molecule has 2 amide bonds. The molecule has 2 rings (SSSR count). The van der Waals surface area contributed by atoms with Crippen molar-refractivity contribution in [3.63, 3.8) is 0 Å². The van der Waals surface area contributed by atoms with Gasteiger partial charge in [0.05, 0.1) is 0 Å². The van der Waals surface area contributed by atoms with E-state index < -0.39 is 0 Å². The van der Waals surface area contributed by atoms with Gasteiger partial charge in [0.1, 0.15) is 0 Å². The number of amides is 2. The third-order valence-electron chi connectivity index (χ3n) is 3.91. The summed E-state index contributed by atoms with van der Waals surface area (Å²) in [5.74, 6) is 0. The van der Waals surface area contributed by atoms with Gasteiger partial charge in [0.15, 0.2) is 0 Å². The standard InChI is InChI=1S/C16H26N4O/c1-14-6-4-5-7-15(14)17-16(21)20-12-10-19(11-13-20)9-8-18(2)3/h4-7H,8-13H2,1-3H3,(H,17,21). The Balaban J connectivity index is 1.79. The van der Waals surface area contributed by atoms with Crippen LogP contribution in [0, 0.1) is 6.92 Å². The van der Waals surface area contributed by atoms with Gasteiger partial charge < -0.3 is 15.1 Å². The first-order valence-electron chi connectivity index (χ1n) is 7.55. The zero-order valence-electron chi connectivity index (χ0n) is 13.3. The number of rotatable bonds is 4. The number of nitrogens with one attached hydrogen (secondary N) is 1. The number of para-hydroxylation sites is 1. The molecule has 0 unspecified atom stereocenters. The molecular formula is C16H26N4O. The van der Waals surface area contributed by atoms with Crippen molar-refractivity contribution in [2.75, 3.05) is 58.7 Å². The van der Waals surface area contributed by atoms with Gasteiger partial charge in [-0.05, 0) is 32.6 Å². The Morgan fingerprint density at radius 3 is 2.48 bits per heavy atom. The molecule has 1 heterocycles. The van der Waals surface area contributed by atoms with Gasteiger partial charge in [0.2, 0.25) is 0 Å². The average molecular weight is 290 g/mol. The van der Waals surface area contributed by atoms with Gasteiger partial charge in [-0.3, -0.25) is 4.90 Å². The van der Waals surface area contributed by atoms with Crippen molar-refractivity contribution in [1.29, 1.82) is 0 Å². The van der Waals surface area contributed by atoms with E-state index in [2.05, 4.69) is 29.2 Å².